The van der Waals surface area contributed by atoms with Gasteiger partial charge in [-0.1, -0.05) is 76.8 Å². The van der Waals surface area contributed by atoms with Crippen molar-refractivity contribution < 1.29 is 19.0 Å². The van der Waals surface area contributed by atoms with Crippen molar-refractivity contribution >= 4 is 5.97 Å². The molecule has 0 spiro atoms. The van der Waals surface area contributed by atoms with Crippen molar-refractivity contribution in [2.45, 2.75) is 96.2 Å². The average molecular weight is 479 g/mol. The van der Waals surface area contributed by atoms with Gasteiger partial charge in [-0.2, -0.15) is 0 Å². The van der Waals surface area contributed by atoms with Crippen LogP contribution < -0.4 is 0 Å². The van der Waals surface area contributed by atoms with E-state index in [1.165, 1.54) is 61.6 Å². The molecule has 1 atom stereocenters. The van der Waals surface area contributed by atoms with E-state index in [2.05, 4.69) is 32.0 Å². The molecule has 1 saturated carbocycles. The molecule has 4 nitrogen and oxygen atoms in total. The zero-order chi connectivity index (χ0) is 24.6. The molecule has 4 rings (SSSR count). The maximum atomic E-state index is 12.1. The lowest BCUT2D eigenvalue weighted by Gasteiger charge is -2.33. The smallest absolute Gasteiger partial charge is 0.338 e. The first-order chi connectivity index (χ1) is 17.1. The number of esters is 1. The lowest BCUT2D eigenvalue weighted by Crippen LogP contribution is -2.27. The first-order valence-electron chi connectivity index (χ1n) is 13.7. The molecule has 2 aromatic rings. The predicted molar refractivity (Wildman–Crippen MR) is 140 cm³/mol. The number of hydrogen-bond acceptors (Lipinski definition) is 4. The van der Waals surface area contributed by atoms with E-state index in [1.54, 1.807) is 12.1 Å². The Morgan fingerprint density at radius 3 is 2.29 bits per heavy atom. The van der Waals surface area contributed by atoms with Crippen LogP contribution in [0.1, 0.15) is 129 Å². The minimum Gasteiger partial charge on any atom is -0.462 e. The van der Waals surface area contributed by atoms with Crippen LogP contribution in [0, 0.1) is 0 Å². The van der Waals surface area contributed by atoms with Crippen LogP contribution in [0.3, 0.4) is 0 Å². The van der Waals surface area contributed by atoms with Gasteiger partial charge in [0, 0.05) is 11.5 Å². The van der Waals surface area contributed by atoms with Gasteiger partial charge in [-0.05, 0) is 66.3 Å². The van der Waals surface area contributed by atoms with Gasteiger partial charge in [0.15, 0.2) is 6.29 Å². The standard InChI is InChI=1S/C31H42O4/c1-4-9-22(3)26-16-17-28(29(19-26)23-10-7-6-8-11-23)27-20-34-31(35-21-27)25-14-12-24(13-15-25)30(32)33-18-5-2/h12-17,19,22-23,27,31H,4-11,18,20-21H2,1-3H3/t22?,27-,31-. The second kappa shape index (κ2) is 12.7. The molecular formula is C31H42O4. The van der Waals surface area contributed by atoms with Crippen LogP contribution in [0.4, 0.5) is 0 Å². The van der Waals surface area contributed by atoms with Crippen LogP contribution in [0.15, 0.2) is 42.5 Å². The number of rotatable bonds is 9. The fourth-order valence-electron chi connectivity index (χ4n) is 5.57. The van der Waals surface area contributed by atoms with Crippen molar-refractivity contribution in [3.05, 3.63) is 70.3 Å². The molecule has 0 bridgehead atoms. The van der Waals surface area contributed by atoms with Crippen molar-refractivity contribution in [2.24, 2.45) is 0 Å². The molecule has 35 heavy (non-hydrogen) atoms. The van der Waals surface area contributed by atoms with E-state index < -0.39 is 6.29 Å². The Labute approximate surface area is 211 Å². The fraction of sp³-hybridized carbons (Fsp3) is 0.581. The zero-order valence-electron chi connectivity index (χ0n) is 21.8. The van der Waals surface area contributed by atoms with E-state index in [9.17, 15) is 4.79 Å². The molecule has 0 aromatic heterocycles. The van der Waals surface area contributed by atoms with Gasteiger partial charge in [0.1, 0.15) is 0 Å². The van der Waals surface area contributed by atoms with Gasteiger partial charge in [-0.15, -0.1) is 0 Å². The highest BCUT2D eigenvalue weighted by atomic mass is 16.7. The van der Waals surface area contributed by atoms with Crippen molar-refractivity contribution in [2.75, 3.05) is 19.8 Å². The molecule has 0 amide bonds. The Bertz CT molecular complexity index is 937. The van der Waals surface area contributed by atoms with Crippen LogP contribution >= 0.6 is 0 Å². The van der Waals surface area contributed by atoms with Crippen molar-refractivity contribution in [3.63, 3.8) is 0 Å². The summed E-state index contributed by atoms with van der Waals surface area (Å²) in [5.74, 6) is 1.23. The lowest BCUT2D eigenvalue weighted by atomic mass is 9.78. The number of carbonyl (C=O) groups is 1. The van der Waals surface area contributed by atoms with Gasteiger partial charge < -0.3 is 14.2 Å². The summed E-state index contributed by atoms with van der Waals surface area (Å²) in [5, 5.41) is 0. The number of ether oxygens (including phenoxy) is 3. The molecule has 2 aromatic carbocycles. The molecule has 1 unspecified atom stereocenters. The first-order valence-corrected chi connectivity index (χ1v) is 13.7. The maximum Gasteiger partial charge on any atom is 0.338 e. The largest absolute Gasteiger partial charge is 0.462 e. The van der Waals surface area contributed by atoms with E-state index in [-0.39, 0.29) is 11.9 Å². The molecule has 1 heterocycles. The van der Waals surface area contributed by atoms with Crippen molar-refractivity contribution in [3.8, 4) is 0 Å². The molecule has 1 aliphatic carbocycles. The summed E-state index contributed by atoms with van der Waals surface area (Å²) >= 11 is 0. The minimum absolute atomic E-state index is 0.252. The van der Waals surface area contributed by atoms with E-state index in [0.717, 1.165) is 12.0 Å². The molecule has 0 radical (unpaired) electrons. The molecular weight excluding hydrogens is 436 g/mol. The molecule has 2 aliphatic rings. The van der Waals surface area contributed by atoms with Gasteiger partial charge in [0.25, 0.3) is 0 Å². The third-order valence-electron chi connectivity index (χ3n) is 7.64. The minimum atomic E-state index is -0.394. The zero-order valence-corrected chi connectivity index (χ0v) is 21.8. The second-order valence-electron chi connectivity index (χ2n) is 10.4. The van der Waals surface area contributed by atoms with Crippen LogP contribution in [-0.2, 0) is 14.2 Å². The Hall–Kier alpha value is -2.17. The number of benzene rings is 2. The van der Waals surface area contributed by atoms with Gasteiger partial charge in [-0.3, -0.25) is 0 Å². The molecule has 190 valence electrons. The van der Waals surface area contributed by atoms with Crippen LogP contribution in [0.2, 0.25) is 0 Å². The summed E-state index contributed by atoms with van der Waals surface area (Å²) in [6, 6.07) is 14.6. The van der Waals surface area contributed by atoms with Crippen LogP contribution in [0.5, 0.6) is 0 Å². The van der Waals surface area contributed by atoms with E-state index in [1.807, 2.05) is 19.1 Å². The monoisotopic (exact) mass is 478 g/mol. The van der Waals surface area contributed by atoms with Gasteiger partial charge in [0.05, 0.1) is 25.4 Å². The number of hydrogen-bond donors (Lipinski definition) is 0. The van der Waals surface area contributed by atoms with Gasteiger partial charge >= 0.3 is 5.97 Å². The molecule has 4 heteroatoms. The first kappa shape index (κ1) is 25.9. The Balaban J connectivity index is 1.45. The highest BCUT2D eigenvalue weighted by Crippen LogP contribution is 2.40. The molecule has 1 aliphatic heterocycles. The SMILES string of the molecule is CCCOC(=O)c1ccc([C@H]2OC[C@H](c3ccc(C(C)CCC)cc3C3CCCCC3)CO2)cc1. The highest BCUT2D eigenvalue weighted by molar-refractivity contribution is 5.89. The molecule has 1 saturated heterocycles. The fourth-order valence-corrected chi connectivity index (χ4v) is 5.57. The molecule has 2 fully saturated rings. The lowest BCUT2D eigenvalue weighted by molar-refractivity contribution is -0.191. The third-order valence-corrected chi connectivity index (χ3v) is 7.64. The average Bonchev–Trinajstić information content (AvgIpc) is 2.92. The normalized spacial score (nSPS) is 22.0. The summed E-state index contributed by atoms with van der Waals surface area (Å²) in [5.41, 5.74) is 5.92. The quantitative estimate of drug-likeness (QED) is 0.342. The van der Waals surface area contributed by atoms with Crippen molar-refractivity contribution in [1.82, 2.24) is 0 Å². The second-order valence-corrected chi connectivity index (χ2v) is 10.4. The van der Waals surface area contributed by atoms with Crippen LogP contribution in [-0.4, -0.2) is 25.8 Å². The topological polar surface area (TPSA) is 44.8 Å². The van der Waals surface area contributed by atoms with Crippen LogP contribution in [0.25, 0.3) is 0 Å². The van der Waals surface area contributed by atoms with Gasteiger partial charge in [0.2, 0.25) is 0 Å². The third kappa shape index (κ3) is 6.54. The highest BCUT2D eigenvalue weighted by Gasteiger charge is 2.29. The maximum absolute atomic E-state index is 12.1. The summed E-state index contributed by atoms with van der Waals surface area (Å²) in [6.45, 7) is 8.35. The van der Waals surface area contributed by atoms with Gasteiger partial charge in [-0.25, -0.2) is 4.79 Å². The summed E-state index contributed by atoms with van der Waals surface area (Å²) in [7, 11) is 0. The summed E-state index contributed by atoms with van der Waals surface area (Å²) in [4.78, 5) is 12.1. The van der Waals surface area contributed by atoms with E-state index in [0.29, 0.717) is 37.2 Å². The Kier molecular flexibility index (Phi) is 9.39. The van der Waals surface area contributed by atoms with Crippen molar-refractivity contribution in [1.29, 1.82) is 0 Å². The Morgan fingerprint density at radius 1 is 0.914 bits per heavy atom. The van der Waals surface area contributed by atoms with E-state index >= 15 is 0 Å². The summed E-state index contributed by atoms with van der Waals surface area (Å²) < 4.78 is 17.7. The Morgan fingerprint density at radius 2 is 1.63 bits per heavy atom. The van der Waals surface area contributed by atoms with E-state index in [4.69, 9.17) is 14.2 Å². The summed E-state index contributed by atoms with van der Waals surface area (Å²) in [6.07, 6.45) is 9.49. The molecule has 0 N–H and O–H groups in total. The predicted octanol–water partition coefficient (Wildman–Crippen LogP) is 8.03. The number of carbonyl (C=O) groups excluding carboxylic acids is 1.